The zero-order valence-electron chi connectivity index (χ0n) is 16.3. The van der Waals surface area contributed by atoms with Gasteiger partial charge in [0.15, 0.2) is 0 Å². The molecule has 1 heterocycles. The van der Waals surface area contributed by atoms with Crippen molar-refractivity contribution in [3.8, 4) is 0 Å². The van der Waals surface area contributed by atoms with Crippen LogP contribution < -0.4 is 16.4 Å². The van der Waals surface area contributed by atoms with Gasteiger partial charge >= 0.3 is 5.97 Å². The molecule has 1 saturated heterocycles. The number of rotatable bonds is 9. The number of hydrogen-bond acceptors (Lipinski definition) is 7. The van der Waals surface area contributed by atoms with Gasteiger partial charge in [-0.15, -0.1) is 0 Å². The lowest BCUT2D eigenvalue weighted by molar-refractivity contribution is -0.146. The van der Waals surface area contributed by atoms with Gasteiger partial charge in [0.05, 0.1) is 12.7 Å². The Kier molecular flexibility index (Phi) is 8.79. The van der Waals surface area contributed by atoms with Crippen molar-refractivity contribution in [3.05, 3.63) is 0 Å². The highest BCUT2D eigenvalue weighted by atomic mass is 16.4. The molecule has 1 aliphatic rings. The number of nitrogens with two attached hydrogens (primary N) is 1. The van der Waals surface area contributed by atoms with Crippen molar-refractivity contribution in [1.82, 2.24) is 15.5 Å². The summed E-state index contributed by atoms with van der Waals surface area (Å²) in [5.41, 5.74) is 5.52. The summed E-state index contributed by atoms with van der Waals surface area (Å²) in [6.07, 6.45) is -0.298. The zero-order valence-corrected chi connectivity index (χ0v) is 16.3. The molecule has 0 aromatic heterocycles. The van der Waals surface area contributed by atoms with Crippen molar-refractivity contribution in [1.29, 1.82) is 0 Å². The van der Waals surface area contributed by atoms with Gasteiger partial charge in [-0.2, -0.15) is 0 Å². The number of aliphatic carboxylic acids is 1. The molecule has 7 N–H and O–H groups in total. The van der Waals surface area contributed by atoms with Crippen molar-refractivity contribution in [2.75, 3.05) is 13.2 Å². The van der Waals surface area contributed by atoms with E-state index in [0.717, 1.165) is 0 Å². The lowest BCUT2D eigenvalue weighted by Crippen LogP contribution is -2.59. The fourth-order valence-electron chi connectivity index (χ4n) is 2.94. The van der Waals surface area contributed by atoms with Crippen molar-refractivity contribution < 1.29 is 34.5 Å². The average Bonchev–Trinajstić information content (AvgIpc) is 3.11. The van der Waals surface area contributed by atoms with Crippen LogP contribution in [0.3, 0.4) is 0 Å². The molecule has 0 saturated carbocycles. The van der Waals surface area contributed by atoms with Crippen LogP contribution in [0.2, 0.25) is 0 Å². The van der Waals surface area contributed by atoms with Crippen LogP contribution in [0.15, 0.2) is 0 Å². The van der Waals surface area contributed by atoms with Crippen molar-refractivity contribution >= 4 is 23.7 Å². The Hall–Kier alpha value is -2.24. The van der Waals surface area contributed by atoms with Crippen molar-refractivity contribution in [2.24, 2.45) is 11.7 Å². The Labute approximate surface area is 163 Å². The molecule has 160 valence electrons. The van der Waals surface area contributed by atoms with E-state index in [1.165, 1.54) is 11.8 Å². The summed E-state index contributed by atoms with van der Waals surface area (Å²) < 4.78 is 0. The van der Waals surface area contributed by atoms with Crippen LogP contribution in [0.25, 0.3) is 0 Å². The number of hydrogen-bond donors (Lipinski definition) is 6. The third-order valence-corrected chi connectivity index (χ3v) is 4.69. The van der Waals surface area contributed by atoms with E-state index in [2.05, 4.69) is 10.6 Å². The van der Waals surface area contributed by atoms with Crippen LogP contribution >= 0.6 is 0 Å². The maximum atomic E-state index is 12.7. The van der Waals surface area contributed by atoms with Gasteiger partial charge in [0, 0.05) is 6.54 Å². The molecule has 11 nitrogen and oxygen atoms in total. The van der Waals surface area contributed by atoms with Crippen LogP contribution in [0.4, 0.5) is 0 Å². The summed E-state index contributed by atoms with van der Waals surface area (Å²) in [5, 5.41) is 32.8. The van der Waals surface area contributed by atoms with Gasteiger partial charge in [-0.05, 0) is 25.7 Å². The highest BCUT2D eigenvalue weighted by molar-refractivity contribution is 5.94. The highest BCUT2D eigenvalue weighted by Crippen LogP contribution is 2.19. The molecular weight excluding hydrogens is 372 g/mol. The molecule has 28 heavy (non-hydrogen) atoms. The standard InChI is InChI=1S/C17H30N4O7/c1-8(2)13(17(27)28)20-14(24)11-5-4-6-21(11)16(26)10(7-22)19-15(25)12(18)9(3)23/h8-13,22-23H,4-7,18H2,1-3H3,(H,19,25)(H,20,24)(H,27,28). The molecule has 0 aromatic rings. The normalized spacial score (nSPS) is 21.0. The van der Waals surface area contributed by atoms with E-state index in [9.17, 15) is 34.5 Å². The molecule has 11 heteroatoms. The highest BCUT2D eigenvalue weighted by Gasteiger charge is 2.39. The summed E-state index contributed by atoms with van der Waals surface area (Å²) in [5.74, 6) is -3.61. The third kappa shape index (κ3) is 5.88. The molecule has 0 bridgehead atoms. The van der Waals surface area contributed by atoms with Gasteiger partial charge in [-0.3, -0.25) is 14.4 Å². The first kappa shape index (κ1) is 23.8. The first-order valence-corrected chi connectivity index (χ1v) is 9.19. The van der Waals surface area contributed by atoms with Crippen molar-refractivity contribution in [2.45, 2.75) is 63.9 Å². The molecule has 0 radical (unpaired) electrons. The number of amides is 3. The molecule has 5 unspecified atom stereocenters. The van der Waals surface area contributed by atoms with Gasteiger partial charge in [-0.1, -0.05) is 13.8 Å². The fourth-order valence-corrected chi connectivity index (χ4v) is 2.94. The largest absolute Gasteiger partial charge is 0.480 e. The molecule has 1 fully saturated rings. The van der Waals surface area contributed by atoms with E-state index >= 15 is 0 Å². The summed E-state index contributed by atoms with van der Waals surface area (Å²) >= 11 is 0. The molecule has 0 spiro atoms. The number of nitrogens with zero attached hydrogens (tertiary/aromatic N) is 1. The summed E-state index contributed by atoms with van der Waals surface area (Å²) in [7, 11) is 0. The predicted molar refractivity (Wildman–Crippen MR) is 97.8 cm³/mol. The summed E-state index contributed by atoms with van der Waals surface area (Å²) in [4.78, 5) is 49.7. The fraction of sp³-hybridized carbons (Fsp3) is 0.765. The predicted octanol–water partition coefficient (Wildman–Crippen LogP) is -2.61. The maximum absolute atomic E-state index is 12.7. The van der Waals surface area contributed by atoms with Gasteiger partial charge in [0.25, 0.3) is 0 Å². The van der Waals surface area contributed by atoms with Crippen LogP contribution in [-0.4, -0.2) is 87.3 Å². The van der Waals surface area contributed by atoms with Gasteiger partial charge < -0.3 is 36.6 Å². The first-order valence-electron chi connectivity index (χ1n) is 9.19. The molecule has 3 amide bonds. The van der Waals surface area contributed by atoms with Crippen LogP contribution in [0.5, 0.6) is 0 Å². The van der Waals surface area contributed by atoms with E-state index in [4.69, 9.17) is 5.73 Å². The number of carbonyl (C=O) groups is 4. The number of carbonyl (C=O) groups excluding carboxylic acids is 3. The number of likely N-dealkylation sites (tertiary alicyclic amines) is 1. The first-order chi connectivity index (χ1) is 13.0. The van der Waals surface area contributed by atoms with Crippen LogP contribution in [0.1, 0.15) is 33.6 Å². The Morgan fingerprint density at radius 1 is 1.18 bits per heavy atom. The lowest BCUT2D eigenvalue weighted by atomic mass is 10.0. The molecule has 0 aliphatic carbocycles. The topological polar surface area (TPSA) is 182 Å². The number of aliphatic hydroxyl groups is 2. The minimum Gasteiger partial charge on any atom is -0.480 e. The van der Waals surface area contributed by atoms with E-state index in [0.29, 0.717) is 12.8 Å². The molecule has 1 aliphatic heterocycles. The van der Waals surface area contributed by atoms with Crippen molar-refractivity contribution in [3.63, 3.8) is 0 Å². The van der Waals surface area contributed by atoms with E-state index < -0.39 is 60.6 Å². The maximum Gasteiger partial charge on any atom is 0.326 e. The number of carboxylic acid groups (broad SMARTS) is 1. The van der Waals surface area contributed by atoms with E-state index in [1.807, 2.05) is 0 Å². The minimum atomic E-state index is -1.33. The molecule has 0 aromatic carbocycles. The SMILES string of the molecule is CC(C)C(NC(=O)C1CCCN1C(=O)C(CO)NC(=O)C(N)C(C)O)C(=O)O. The number of aliphatic hydroxyl groups excluding tert-OH is 2. The second-order valence-corrected chi connectivity index (χ2v) is 7.27. The number of nitrogens with one attached hydrogen (secondary N) is 2. The second kappa shape index (κ2) is 10.3. The van der Waals surface area contributed by atoms with E-state index in [1.54, 1.807) is 13.8 Å². The van der Waals surface area contributed by atoms with Crippen LogP contribution in [0, 0.1) is 5.92 Å². The Morgan fingerprint density at radius 2 is 1.79 bits per heavy atom. The summed E-state index contributed by atoms with van der Waals surface area (Å²) in [6, 6.07) is -4.60. The quantitative estimate of drug-likeness (QED) is 0.242. The molecule has 5 atom stereocenters. The summed E-state index contributed by atoms with van der Waals surface area (Å²) in [6.45, 7) is 4.13. The monoisotopic (exact) mass is 402 g/mol. The van der Waals surface area contributed by atoms with Gasteiger partial charge in [-0.25, -0.2) is 4.79 Å². The molecule has 1 rings (SSSR count). The number of carboxylic acids is 1. The smallest absolute Gasteiger partial charge is 0.326 e. The lowest BCUT2D eigenvalue weighted by Gasteiger charge is -2.29. The average molecular weight is 402 g/mol. The Morgan fingerprint density at radius 3 is 2.25 bits per heavy atom. The van der Waals surface area contributed by atoms with Gasteiger partial charge in [0.1, 0.15) is 24.2 Å². The Balaban J connectivity index is 2.86. The van der Waals surface area contributed by atoms with Crippen LogP contribution in [-0.2, 0) is 19.2 Å². The van der Waals surface area contributed by atoms with E-state index in [-0.39, 0.29) is 12.5 Å². The minimum absolute atomic E-state index is 0.227. The Bertz CT molecular complexity index is 596. The third-order valence-electron chi connectivity index (χ3n) is 4.69. The van der Waals surface area contributed by atoms with Gasteiger partial charge in [0.2, 0.25) is 17.7 Å². The molecular formula is C17H30N4O7. The zero-order chi connectivity index (χ0) is 21.6. The second-order valence-electron chi connectivity index (χ2n) is 7.27.